The van der Waals surface area contributed by atoms with Gasteiger partial charge in [-0.1, -0.05) is 0 Å². The highest BCUT2D eigenvalue weighted by molar-refractivity contribution is 5.85. The van der Waals surface area contributed by atoms with E-state index in [1.165, 1.54) is 19.1 Å². The molecular weight excluding hydrogens is 200 g/mol. The fourth-order valence-corrected chi connectivity index (χ4v) is 1.38. The van der Waals surface area contributed by atoms with Crippen LogP contribution in [0, 0.1) is 28.1 Å². The number of nitriles is 2. The number of carboxylic acids is 1. The summed E-state index contributed by atoms with van der Waals surface area (Å²) in [6.45, 7) is 1.47. The third-order valence-corrected chi connectivity index (χ3v) is 2.54. The van der Waals surface area contributed by atoms with Crippen LogP contribution in [-0.2, 0) is 4.79 Å². The molecule has 0 aromatic heterocycles. The maximum atomic E-state index is 11.0. The van der Waals surface area contributed by atoms with Gasteiger partial charge < -0.3 is 5.11 Å². The van der Waals surface area contributed by atoms with E-state index in [4.69, 9.17) is 15.6 Å². The zero-order chi connectivity index (χ0) is 11.3. The summed E-state index contributed by atoms with van der Waals surface area (Å²) in [5, 5.41) is 40.9. The van der Waals surface area contributed by atoms with Gasteiger partial charge in [0.15, 0.2) is 0 Å². The number of hydrogen-bond acceptors (Lipinski definition) is 7. The summed E-state index contributed by atoms with van der Waals surface area (Å²) in [6, 6.07) is 2.89. The van der Waals surface area contributed by atoms with Crippen molar-refractivity contribution in [2.45, 2.75) is 18.2 Å². The minimum Gasteiger partial charge on any atom is -0.479 e. The lowest BCUT2D eigenvalue weighted by atomic mass is 9.75. The van der Waals surface area contributed by atoms with Crippen LogP contribution in [-0.4, -0.2) is 22.4 Å². The van der Waals surface area contributed by atoms with Gasteiger partial charge in [-0.15, -0.1) is 10.2 Å². The van der Waals surface area contributed by atoms with Gasteiger partial charge in [0.2, 0.25) is 5.66 Å². The molecule has 0 aromatic rings. The Bertz CT molecular complexity index is 467. The predicted octanol–water partition coefficient (Wildman–Crippen LogP) is 0.449. The summed E-state index contributed by atoms with van der Waals surface area (Å²) in [6.07, 6.45) is 0. The lowest BCUT2D eigenvalue weighted by Crippen LogP contribution is -2.51. The van der Waals surface area contributed by atoms with Crippen LogP contribution in [0.25, 0.3) is 0 Å². The van der Waals surface area contributed by atoms with Gasteiger partial charge in [0.05, 0.1) is 0 Å². The fraction of sp³-hybridized carbons (Fsp3) is 0.571. The molecule has 0 fully saturated rings. The molecule has 0 saturated heterocycles. The minimum atomic E-state index is -2.36. The van der Waals surface area contributed by atoms with E-state index in [9.17, 15) is 4.79 Å². The largest absolute Gasteiger partial charge is 0.479 e. The van der Waals surface area contributed by atoms with Crippen LogP contribution in [0.4, 0.5) is 0 Å². The summed E-state index contributed by atoms with van der Waals surface area (Å²) < 4.78 is 0. The van der Waals surface area contributed by atoms with Crippen molar-refractivity contribution in [1.82, 2.24) is 0 Å². The van der Waals surface area contributed by atoms with Crippen LogP contribution in [0.15, 0.2) is 20.5 Å². The van der Waals surface area contributed by atoms with E-state index in [0.717, 1.165) is 0 Å². The third kappa shape index (κ3) is 0.765. The lowest BCUT2D eigenvalue weighted by molar-refractivity contribution is -0.145. The van der Waals surface area contributed by atoms with Crippen molar-refractivity contribution >= 4 is 5.97 Å². The Morgan fingerprint density at radius 2 is 1.73 bits per heavy atom. The molecule has 8 nitrogen and oxygen atoms in total. The van der Waals surface area contributed by atoms with Gasteiger partial charge in [0.1, 0.15) is 12.1 Å². The molecule has 0 spiro atoms. The SMILES string of the molecule is CC1(C2(C(C#N)(C#N)C(=O)O)N=N2)N=N1. The van der Waals surface area contributed by atoms with Gasteiger partial charge in [-0.25, -0.2) is 4.79 Å². The molecule has 15 heavy (non-hydrogen) atoms. The summed E-state index contributed by atoms with van der Waals surface area (Å²) in [5.74, 6) is -1.59. The molecule has 8 heteroatoms. The average Bonchev–Trinajstić information content (AvgIpc) is 3.04. The second kappa shape index (κ2) is 2.17. The molecule has 2 heterocycles. The normalized spacial score (nSPS) is 22.6. The number of hydrogen-bond donors (Lipinski definition) is 1. The topological polar surface area (TPSA) is 134 Å². The first kappa shape index (κ1) is 9.21. The Balaban J connectivity index is 2.49. The quantitative estimate of drug-likeness (QED) is 0.713. The average molecular weight is 204 g/mol. The van der Waals surface area contributed by atoms with Gasteiger partial charge in [0, 0.05) is 0 Å². The van der Waals surface area contributed by atoms with Crippen molar-refractivity contribution in [3.05, 3.63) is 0 Å². The molecule has 2 rings (SSSR count). The van der Waals surface area contributed by atoms with E-state index in [-0.39, 0.29) is 0 Å². The summed E-state index contributed by atoms with van der Waals surface area (Å²) in [4.78, 5) is 11.0. The van der Waals surface area contributed by atoms with Crippen molar-refractivity contribution in [2.75, 3.05) is 0 Å². The molecule has 0 aliphatic carbocycles. The second-order valence-electron chi connectivity index (χ2n) is 3.37. The van der Waals surface area contributed by atoms with Gasteiger partial charge >= 0.3 is 5.97 Å². The standard InChI is InChI=1S/C7H4N6O2/c1-5(10-11-5)7(12-13-7)6(2-8,3-9)4(14)15/h1H3,(H,14,15). The van der Waals surface area contributed by atoms with E-state index in [1.54, 1.807) is 0 Å². The van der Waals surface area contributed by atoms with E-state index in [1.807, 2.05) is 0 Å². The molecule has 0 aromatic carbocycles. The third-order valence-electron chi connectivity index (χ3n) is 2.54. The van der Waals surface area contributed by atoms with Crippen LogP contribution < -0.4 is 0 Å². The highest BCUT2D eigenvalue weighted by atomic mass is 16.4. The first-order chi connectivity index (χ1) is 6.98. The molecule has 2 aliphatic rings. The van der Waals surface area contributed by atoms with Crippen LogP contribution in [0.3, 0.4) is 0 Å². The molecule has 1 N–H and O–H groups in total. The molecule has 0 saturated carbocycles. The van der Waals surface area contributed by atoms with E-state index < -0.39 is 22.7 Å². The van der Waals surface area contributed by atoms with Gasteiger partial charge in [-0.3, -0.25) is 0 Å². The second-order valence-corrected chi connectivity index (χ2v) is 3.37. The van der Waals surface area contributed by atoms with Crippen molar-refractivity contribution < 1.29 is 9.90 Å². The number of rotatable bonds is 3. The van der Waals surface area contributed by atoms with Gasteiger partial charge in [-0.05, 0) is 6.92 Å². The Hall–Kier alpha value is -2.35. The van der Waals surface area contributed by atoms with Gasteiger partial charge in [-0.2, -0.15) is 20.8 Å². The maximum absolute atomic E-state index is 11.0. The molecule has 0 atom stereocenters. The molecule has 2 aliphatic heterocycles. The van der Waals surface area contributed by atoms with Crippen molar-refractivity contribution in [3.8, 4) is 12.1 Å². The summed E-state index contributed by atoms with van der Waals surface area (Å²) in [5.41, 5.74) is -5.21. The highest BCUT2D eigenvalue weighted by Gasteiger charge is 2.79. The highest BCUT2D eigenvalue weighted by Crippen LogP contribution is 2.58. The monoisotopic (exact) mass is 204 g/mol. The number of carboxylic acid groups (broad SMARTS) is 1. The zero-order valence-corrected chi connectivity index (χ0v) is 7.54. The first-order valence-corrected chi connectivity index (χ1v) is 3.92. The Kier molecular flexibility index (Phi) is 1.34. The van der Waals surface area contributed by atoms with E-state index >= 15 is 0 Å². The molecule has 74 valence electrons. The van der Waals surface area contributed by atoms with Crippen LogP contribution in [0.2, 0.25) is 0 Å². The fourth-order valence-electron chi connectivity index (χ4n) is 1.38. The van der Waals surface area contributed by atoms with E-state index in [2.05, 4.69) is 20.5 Å². The molecule has 0 unspecified atom stereocenters. The summed E-state index contributed by atoms with van der Waals surface area (Å²) >= 11 is 0. The molecule has 0 radical (unpaired) electrons. The number of carbonyl (C=O) groups is 1. The molecule has 0 bridgehead atoms. The van der Waals surface area contributed by atoms with Crippen LogP contribution in [0.5, 0.6) is 0 Å². The lowest BCUT2D eigenvalue weighted by Gasteiger charge is -2.22. The molecule has 0 amide bonds. The summed E-state index contributed by atoms with van der Waals surface area (Å²) in [7, 11) is 0. The maximum Gasteiger partial charge on any atom is 0.343 e. The zero-order valence-electron chi connectivity index (χ0n) is 7.54. The number of aliphatic carboxylic acids is 1. The predicted molar refractivity (Wildman–Crippen MR) is 42.1 cm³/mol. The Labute approximate surface area is 83.6 Å². The Morgan fingerprint density at radius 3 is 1.93 bits per heavy atom. The smallest absolute Gasteiger partial charge is 0.343 e. The first-order valence-electron chi connectivity index (χ1n) is 3.92. The van der Waals surface area contributed by atoms with Crippen molar-refractivity contribution in [3.63, 3.8) is 0 Å². The Morgan fingerprint density at radius 1 is 1.27 bits per heavy atom. The minimum absolute atomic E-state index is 1.18. The van der Waals surface area contributed by atoms with Crippen molar-refractivity contribution in [2.24, 2.45) is 25.9 Å². The van der Waals surface area contributed by atoms with Crippen LogP contribution in [0.1, 0.15) is 6.92 Å². The van der Waals surface area contributed by atoms with Crippen LogP contribution >= 0.6 is 0 Å². The molecular formula is C7H4N6O2. The van der Waals surface area contributed by atoms with Gasteiger partial charge in [0.25, 0.3) is 11.1 Å². The van der Waals surface area contributed by atoms with E-state index in [0.29, 0.717) is 0 Å². The van der Waals surface area contributed by atoms with Crippen molar-refractivity contribution in [1.29, 1.82) is 10.5 Å². The number of nitrogens with zero attached hydrogens (tertiary/aromatic N) is 6.